The van der Waals surface area contributed by atoms with E-state index in [4.69, 9.17) is 0 Å². The van der Waals surface area contributed by atoms with Crippen LogP contribution in [0.3, 0.4) is 0 Å². The number of methoxy groups -OCH3 is 1. The standard InChI is InChI=1S/C11H12O4/c1-15-11(14)10(13)7-9(12)8-5-3-2-4-6-8/h2-6,10,13H,7H2,1H3. The largest absolute Gasteiger partial charge is 0.467 e. The number of ketones is 1. The summed E-state index contributed by atoms with van der Waals surface area (Å²) < 4.78 is 4.31. The lowest BCUT2D eigenvalue weighted by Crippen LogP contribution is -2.24. The molecule has 4 heteroatoms. The van der Waals surface area contributed by atoms with E-state index in [1.54, 1.807) is 30.3 Å². The minimum atomic E-state index is -1.39. The molecule has 0 spiro atoms. The third kappa shape index (κ3) is 3.18. The summed E-state index contributed by atoms with van der Waals surface area (Å²) in [5.41, 5.74) is 0.473. The number of Topliss-reactive ketones (excluding diaryl/α,β-unsaturated/α-hetero) is 1. The molecule has 0 heterocycles. The maximum Gasteiger partial charge on any atom is 0.335 e. The van der Waals surface area contributed by atoms with Gasteiger partial charge in [-0.3, -0.25) is 4.79 Å². The summed E-state index contributed by atoms with van der Waals surface area (Å²) in [7, 11) is 1.17. The highest BCUT2D eigenvalue weighted by atomic mass is 16.5. The van der Waals surface area contributed by atoms with Crippen LogP contribution in [0.2, 0.25) is 0 Å². The topological polar surface area (TPSA) is 63.6 Å². The molecule has 0 amide bonds. The summed E-state index contributed by atoms with van der Waals surface area (Å²) in [6.07, 6.45) is -1.64. The lowest BCUT2D eigenvalue weighted by molar-refractivity contribution is -0.150. The van der Waals surface area contributed by atoms with Gasteiger partial charge in [0.15, 0.2) is 11.9 Å². The van der Waals surface area contributed by atoms with Gasteiger partial charge in [0.2, 0.25) is 0 Å². The van der Waals surface area contributed by atoms with Crippen molar-refractivity contribution in [3.8, 4) is 0 Å². The van der Waals surface area contributed by atoms with Crippen molar-refractivity contribution in [2.75, 3.05) is 7.11 Å². The van der Waals surface area contributed by atoms with E-state index in [1.165, 1.54) is 7.11 Å². The zero-order chi connectivity index (χ0) is 11.3. The fourth-order valence-corrected chi connectivity index (χ4v) is 1.14. The Labute approximate surface area is 87.5 Å². The number of aliphatic hydroxyl groups is 1. The summed E-state index contributed by atoms with van der Waals surface area (Å²) in [6, 6.07) is 8.49. The van der Waals surface area contributed by atoms with Crippen molar-refractivity contribution in [1.82, 2.24) is 0 Å². The van der Waals surface area contributed by atoms with Gasteiger partial charge in [-0.05, 0) is 0 Å². The Balaban J connectivity index is 2.61. The van der Waals surface area contributed by atoms with Crippen LogP contribution in [0.25, 0.3) is 0 Å². The van der Waals surface area contributed by atoms with Gasteiger partial charge in [0.05, 0.1) is 7.11 Å². The molecule has 4 nitrogen and oxygen atoms in total. The third-order valence-electron chi connectivity index (χ3n) is 1.95. The SMILES string of the molecule is COC(=O)C(O)CC(=O)c1ccccc1. The maximum atomic E-state index is 11.5. The quantitative estimate of drug-likeness (QED) is 0.587. The summed E-state index contributed by atoms with van der Waals surface area (Å²) in [5.74, 6) is -1.08. The van der Waals surface area contributed by atoms with E-state index in [-0.39, 0.29) is 12.2 Å². The summed E-state index contributed by atoms with van der Waals surface area (Å²) in [5, 5.41) is 9.25. The fourth-order valence-electron chi connectivity index (χ4n) is 1.14. The number of esters is 1. The Morgan fingerprint density at radius 1 is 1.33 bits per heavy atom. The van der Waals surface area contributed by atoms with Gasteiger partial charge >= 0.3 is 5.97 Å². The number of rotatable bonds is 4. The van der Waals surface area contributed by atoms with Gasteiger partial charge in [0.25, 0.3) is 0 Å². The van der Waals surface area contributed by atoms with Crippen LogP contribution in [0, 0.1) is 0 Å². The Kier molecular flexibility index (Phi) is 4.00. The molecule has 1 rings (SSSR count). The van der Waals surface area contributed by atoms with E-state index in [9.17, 15) is 14.7 Å². The molecule has 1 N–H and O–H groups in total. The fraction of sp³-hybridized carbons (Fsp3) is 0.273. The van der Waals surface area contributed by atoms with E-state index in [0.717, 1.165) is 0 Å². The first-order valence-corrected chi connectivity index (χ1v) is 4.49. The Morgan fingerprint density at radius 3 is 2.47 bits per heavy atom. The molecule has 0 aliphatic rings. The Hall–Kier alpha value is -1.68. The zero-order valence-corrected chi connectivity index (χ0v) is 8.34. The molecular weight excluding hydrogens is 196 g/mol. The van der Waals surface area contributed by atoms with Crippen LogP contribution >= 0.6 is 0 Å². The highest BCUT2D eigenvalue weighted by Crippen LogP contribution is 2.06. The molecule has 0 saturated heterocycles. The van der Waals surface area contributed by atoms with Crippen molar-refractivity contribution in [1.29, 1.82) is 0 Å². The molecule has 0 aliphatic heterocycles. The minimum absolute atomic E-state index is 0.253. The first-order valence-electron chi connectivity index (χ1n) is 4.49. The molecule has 0 radical (unpaired) electrons. The first-order chi connectivity index (χ1) is 7.15. The Morgan fingerprint density at radius 2 is 1.93 bits per heavy atom. The highest BCUT2D eigenvalue weighted by Gasteiger charge is 2.19. The second-order valence-electron chi connectivity index (χ2n) is 3.03. The third-order valence-corrected chi connectivity index (χ3v) is 1.95. The summed E-state index contributed by atoms with van der Waals surface area (Å²) in [4.78, 5) is 22.4. The van der Waals surface area contributed by atoms with Crippen LogP contribution in [0.4, 0.5) is 0 Å². The normalized spacial score (nSPS) is 11.9. The van der Waals surface area contributed by atoms with Crippen LogP contribution < -0.4 is 0 Å². The van der Waals surface area contributed by atoms with Gasteiger partial charge < -0.3 is 9.84 Å². The molecule has 80 valence electrons. The van der Waals surface area contributed by atoms with E-state index >= 15 is 0 Å². The van der Waals surface area contributed by atoms with Gasteiger partial charge in [-0.2, -0.15) is 0 Å². The van der Waals surface area contributed by atoms with Crippen LogP contribution in [0.1, 0.15) is 16.8 Å². The Bertz CT molecular complexity index is 345. The van der Waals surface area contributed by atoms with Gasteiger partial charge in [-0.1, -0.05) is 30.3 Å². The first kappa shape index (κ1) is 11.4. The minimum Gasteiger partial charge on any atom is -0.467 e. The van der Waals surface area contributed by atoms with Crippen LogP contribution in [-0.2, 0) is 9.53 Å². The number of aliphatic hydroxyl groups excluding tert-OH is 1. The van der Waals surface area contributed by atoms with Crippen molar-refractivity contribution < 1.29 is 19.4 Å². The van der Waals surface area contributed by atoms with Crippen LogP contribution in [0.5, 0.6) is 0 Å². The molecule has 0 aliphatic carbocycles. The highest BCUT2D eigenvalue weighted by molar-refractivity contribution is 5.98. The molecule has 15 heavy (non-hydrogen) atoms. The lowest BCUT2D eigenvalue weighted by Gasteiger charge is -2.06. The van der Waals surface area contributed by atoms with Gasteiger partial charge in [-0.25, -0.2) is 4.79 Å². The predicted octanol–water partition coefficient (Wildman–Crippen LogP) is 0.793. The summed E-state index contributed by atoms with van der Waals surface area (Å²) in [6.45, 7) is 0. The zero-order valence-electron chi connectivity index (χ0n) is 8.34. The average Bonchev–Trinajstić information content (AvgIpc) is 2.29. The van der Waals surface area contributed by atoms with Crippen molar-refractivity contribution in [3.05, 3.63) is 35.9 Å². The summed E-state index contributed by atoms with van der Waals surface area (Å²) >= 11 is 0. The van der Waals surface area contributed by atoms with E-state index in [0.29, 0.717) is 5.56 Å². The van der Waals surface area contributed by atoms with Gasteiger partial charge in [0, 0.05) is 12.0 Å². The monoisotopic (exact) mass is 208 g/mol. The second kappa shape index (κ2) is 5.26. The van der Waals surface area contributed by atoms with Crippen molar-refractivity contribution >= 4 is 11.8 Å². The van der Waals surface area contributed by atoms with Crippen LogP contribution in [-0.4, -0.2) is 30.1 Å². The molecule has 0 saturated carbocycles. The molecule has 0 fully saturated rings. The molecular formula is C11H12O4. The van der Waals surface area contributed by atoms with Crippen molar-refractivity contribution in [3.63, 3.8) is 0 Å². The number of hydrogen-bond donors (Lipinski definition) is 1. The molecule has 1 atom stereocenters. The van der Waals surface area contributed by atoms with E-state index in [1.807, 2.05) is 0 Å². The van der Waals surface area contributed by atoms with Crippen molar-refractivity contribution in [2.45, 2.75) is 12.5 Å². The molecule has 1 aromatic carbocycles. The number of carbonyl (C=O) groups is 2. The second-order valence-corrected chi connectivity index (χ2v) is 3.03. The number of hydrogen-bond acceptors (Lipinski definition) is 4. The molecule has 1 aromatic rings. The maximum absolute atomic E-state index is 11.5. The smallest absolute Gasteiger partial charge is 0.335 e. The van der Waals surface area contributed by atoms with Crippen LogP contribution in [0.15, 0.2) is 30.3 Å². The molecule has 0 aromatic heterocycles. The number of benzene rings is 1. The van der Waals surface area contributed by atoms with E-state index < -0.39 is 12.1 Å². The molecule has 0 bridgehead atoms. The predicted molar refractivity (Wildman–Crippen MR) is 53.4 cm³/mol. The van der Waals surface area contributed by atoms with Crippen molar-refractivity contribution in [2.24, 2.45) is 0 Å². The number of carbonyl (C=O) groups excluding carboxylic acids is 2. The molecule has 1 unspecified atom stereocenters. The average molecular weight is 208 g/mol. The van der Waals surface area contributed by atoms with E-state index in [2.05, 4.69) is 4.74 Å². The van der Waals surface area contributed by atoms with Gasteiger partial charge in [0.1, 0.15) is 0 Å². The lowest BCUT2D eigenvalue weighted by atomic mass is 10.1. The van der Waals surface area contributed by atoms with Gasteiger partial charge in [-0.15, -0.1) is 0 Å². The number of ether oxygens (including phenoxy) is 1.